The van der Waals surface area contributed by atoms with E-state index in [0.29, 0.717) is 6.42 Å². The average molecular weight is 119 g/mol. The van der Waals surface area contributed by atoms with Crippen molar-refractivity contribution >= 4 is 0 Å². The van der Waals surface area contributed by atoms with Crippen molar-refractivity contribution in [2.75, 3.05) is 0 Å². The van der Waals surface area contributed by atoms with Crippen molar-refractivity contribution in [1.29, 1.82) is 0 Å². The maximum absolute atomic E-state index is 10.0. The Hall–Kier alpha value is -0.160. The van der Waals surface area contributed by atoms with E-state index in [1.807, 2.05) is 0 Å². The molecule has 1 unspecified atom stereocenters. The number of rotatable bonds is 2. The molecule has 0 aliphatic rings. The van der Waals surface area contributed by atoms with Crippen LogP contribution in [0.1, 0.15) is 20.3 Å². The van der Waals surface area contributed by atoms with Crippen LogP contribution in [0.4, 0.5) is 0 Å². The highest BCUT2D eigenvalue weighted by Gasteiger charge is 2.14. The van der Waals surface area contributed by atoms with E-state index in [0.717, 1.165) is 0 Å². The molecule has 0 amide bonds. The van der Waals surface area contributed by atoms with Gasteiger partial charge in [0.15, 0.2) is 0 Å². The Kier molecular flexibility index (Phi) is 2.36. The van der Waals surface area contributed by atoms with Gasteiger partial charge in [-0.15, -0.1) is 0 Å². The molecule has 0 aromatic carbocycles. The van der Waals surface area contributed by atoms with Crippen LogP contribution >= 0.6 is 0 Å². The highest BCUT2D eigenvalue weighted by atomic mass is 16.8. The van der Waals surface area contributed by atoms with Crippen LogP contribution in [-0.2, 0) is 0 Å². The van der Waals surface area contributed by atoms with Gasteiger partial charge in [-0.1, -0.05) is 6.92 Å². The number of nitrogens with two attached hydrogens (primary N) is 1. The summed E-state index contributed by atoms with van der Waals surface area (Å²) < 4.78 is 0. The molecule has 0 rings (SSSR count). The predicted molar refractivity (Wildman–Crippen MR) is 29.9 cm³/mol. The van der Waals surface area contributed by atoms with Crippen molar-refractivity contribution in [3.05, 3.63) is 5.21 Å². The van der Waals surface area contributed by atoms with Gasteiger partial charge in [-0.05, 0) is 13.3 Å². The summed E-state index contributed by atoms with van der Waals surface area (Å²) in [6, 6.07) is 0. The second-order valence-corrected chi connectivity index (χ2v) is 1.98. The summed E-state index contributed by atoms with van der Waals surface area (Å²) in [5.41, 5.74) is 4.10. The zero-order chi connectivity index (χ0) is 6.78. The molecule has 0 spiro atoms. The largest absolute Gasteiger partial charge is 0.761 e. The summed E-state index contributed by atoms with van der Waals surface area (Å²) in [4.78, 5) is 0. The van der Waals surface area contributed by atoms with Crippen LogP contribution < -0.4 is 5.73 Å². The van der Waals surface area contributed by atoms with E-state index in [1.165, 1.54) is 6.92 Å². The summed E-state index contributed by atoms with van der Waals surface area (Å²) in [7, 11) is 0. The van der Waals surface area contributed by atoms with Gasteiger partial charge in [0.25, 0.3) is 0 Å². The molecule has 0 bridgehead atoms. The van der Waals surface area contributed by atoms with Gasteiger partial charge >= 0.3 is 0 Å². The van der Waals surface area contributed by atoms with E-state index in [-0.39, 0.29) is 5.23 Å². The van der Waals surface area contributed by atoms with E-state index < -0.39 is 5.66 Å². The molecule has 0 heterocycles. The fourth-order valence-corrected chi connectivity index (χ4v) is 0.135. The molecule has 50 valence electrons. The van der Waals surface area contributed by atoms with E-state index in [9.17, 15) is 5.21 Å². The van der Waals surface area contributed by atoms with Crippen molar-refractivity contribution < 1.29 is 5.21 Å². The molecule has 1 atom stereocenters. The van der Waals surface area contributed by atoms with Gasteiger partial charge < -0.3 is 16.1 Å². The molecular weight excluding hydrogens is 108 g/mol. The van der Waals surface area contributed by atoms with Crippen LogP contribution in [0, 0.1) is 5.21 Å². The lowest BCUT2D eigenvalue weighted by atomic mass is 10.2. The minimum atomic E-state index is -1.12. The van der Waals surface area contributed by atoms with Crippen molar-refractivity contribution in [1.82, 2.24) is 5.23 Å². The lowest BCUT2D eigenvalue weighted by molar-refractivity contribution is -0.123. The Morgan fingerprint density at radius 2 is 2.25 bits per heavy atom. The zero-order valence-electron chi connectivity index (χ0n) is 5.09. The van der Waals surface area contributed by atoms with Crippen LogP contribution in [0.15, 0.2) is 0 Å². The van der Waals surface area contributed by atoms with Gasteiger partial charge in [-0.2, -0.15) is 0 Å². The topological polar surface area (TPSA) is 72.5 Å². The molecule has 0 saturated heterocycles. The molecule has 0 aromatic rings. The smallest absolute Gasteiger partial charge is 0.0763 e. The van der Waals surface area contributed by atoms with E-state index in [4.69, 9.17) is 10.9 Å². The van der Waals surface area contributed by atoms with Crippen molar-refractivity contribution in [3.63, 3.8) is 0 Å². The number of hydrogen-bond donors (Lipinski definition) is 2. The summed E-state index contributed by atoms with van der Waals surface area (Å²) in [6.45, 7) is 3.18. The third kappa shape index (κ3) is 1.75. The van der Waals surface area contributed by atoms with Gasteiger partial charge in [-0.25, -0.2) is 5.23 Å². The first-order valence-corrected chi connectivity index (χ1v) is 2.46. The second kappa shape index (κ2) is 2.41. The molecule has 4 nitrogen and oxygen atoms in total. The van der Waals surface area contributed by atoms with Crippen LogP contribution in [0.2, 0.25) is 0 Å². The highest BCUT2D eigenvalue weighted by Crippen LogP contribution is 2.06. The molecule has 0 aromatic heterocycles. The lowest BCUT2D eigenvalue weighted by Gasteiger charge is -2.36. The number of nitrogens with zero attached hydrogens (tertiary/aromatic N) is 1. The molecule has 3 N–H and O–H groups in total. The second-order valence-electron chi connectivity index (χ2n) is 1.98. The molecular formula is C4H11N2O2-. The van der Waals surface area contributed by atoms with Crippen molar-refractivity contribution in [2.24, 2.45) is 5.73 Å². The fourth-order valence-electron chi connectivity index (χ4n) is 0.135. The molecule has 4 heteroatoms. The fraction of sp³-hybridized carbons (Fsp3) is 1.00. The van der Waals surface area contributed by atoms with Gasteiger partial charge in [0.1, 0.15) is 0 Å². The quantitative estimate of drug-likeness (QED) is 0.404. The van der Waals surface area contributed by atoms with Crippen LogP contribution in [-0.4, -0.2) is 16.1 Å². The van der Waals surface area contributed by atoms with Gasteiger partial charge in [-0.3, -0.25) is 0 Å². The normalized spacial score (nSPS) is 18.8. The Bertz CT molecular complexity index is 72.4. The van der Waals surface area contributed by atoms with Crippen LogP contribution in [0.5, 0.6) is 0 Å². The highest BCUT2D eigenvalue weighted by molar-refractivity contribution is 4.71. The molecule has 0 aliphatic carbocycles. The molecule has 0 fully saturated rings. The Labute approximate surface area is 48.4 Å². The van der Waals surface area contributed by atoms with Crippen LogP contribution in [0.25, 0.3) is 0 Å². The average Bonchev–Trinajstić information content (AvgIpc) is 1.67. The maximum atomic E-state index is 10.0. The third-order valence-corrected chi connectivity index (χ3v) is 1.15. The van der Waals surface area contributed by atoms with E-state index in [2.05, 4.69) is 0 Å². The van der Waals surface area contributed by atoms with E-state index >= 15 is 0 Å². The monoisotopic (exact) mass is 119 g/mol. The minimum Gasteiger partial charge on any atom is -0.761 e. The van der Waals surface area contributed by atoms with E-state index in [1.54, 1.807) is 6.92 Å². The van der Waals surface area contributed by atoms with Gasteiger partial charge in [0.05, 0.1) is 5.66 Å². The van der Waals surface area contributed by atoms with Crippen LogP contribution in [0.3, 0.4) is 0 Å². The molecule has 0 radical (unpaired) electrons. The summed E-state index contributed by atoms with van der Waals surface area (Å²) in [6.07, 6.45) is 0.424. The Morgan fingerprint density at radius 3 is 2.25 bits per heavy atom. The molecule has 0 saturated carbocycles. The maximum Gasteiger partial charge on any atom is 0.0763 e. The summed E-state index contributed by atoms with van der Waals surface area (Å²) >= 11 is 0. The first-order chi connectivity index (χ1) is 3.50. The lowest BCUT2D eigenvalue weighted by Crippen LogP contribution is -2.48. The summed E-state index contributed by atoms with van der Waals surface area (Å²) in [5, 5.41) is 18.0. The van der Waals surface area contributed by atoms with Crippen molar-refractivity contribution in [3.8, 4) is 0 Å². The SMILES string of the molecule is CCC(C)(N)N([O-])O. The molecule has 0 aliphatic heterocycles. The number of hydroxylamine groups is 2. The Balaban J connectivity index is 3.71. The van der Waals surface area contributed by atoms with Crippen molar-refractivity contribution in [2.45, 2.75) is 25.9 Å². The molecule has 8 heavy (non-hydrogen) atoms. The van der Waals surface area contributed by atoms with Gasteiger partial charge in [0.2, 0.25) is 0 Å². The first-order valence-electron chi connectivity index (χ1n) is 2.46. The zero-order valence-corrected chi connectivity index (χ0v) is 5.09. The van der Waals surface area contributed by atoms with Gasteiger partial charge in [0, 0.05) is 0 Å². The summed E-state index contributed by atoms with van der Waals surface area (Å²) in [5.74, 6) is 0. The number of hydrogen-bond acceptors (Lipinski definition) is 4. The first kappa shape index (κ1) is 7.84. The standard InChI is InChI=1S/C4H11N2O2/c1-3-4(2,5)6(7)8/h7H,3,5H2,1-2H3/q-1. The Morgan fingerprint density at radius 1 is 1.88 bits per heavy atom. The predicted octanol–water partition coefficient (Wildman–Crippen LogP) is 0.260. The minimum absolute atomic E-state index is 0.229. The third-order valence-electron chi connectivity index (χ3n) is 1.15.